The van der Waals surface area contributed by atoms with Crippen molar-refractivity contribution >= 4 is 0 Å². The molecule has 3 heterocycles. The number of hydrogen-bond donors (Lipinski definition) is 1. The van der Waals surface area contributed by atoms with Gasteiger partial charge in [-0.2, -0.15) is 0 Å². The van der Waals surface area contributed by atoms with Crippen LogP contribution in [0.4, 0.5) is 0 Å². The van der Waals surface area contributed by atoms with Crippen LogP contribution in [-0.4, -0.2) is 34.7 Å². The lowest BCUT2D eigenvalue weighted by atomic mass is 9.97. The molecule has 0 saturated carbocycles. The molecule has 0 aromatic carbocycles. The highest BCUT2D eigenvalue weighted by atomic mass is 16.5. The summed E-state index contributed by atoms with van der Waals surface area (Å²) in [6.45, 7) is 6.33. The summed E-state index contributed by atoms with van der Waals surface area (Å²) < 4.78 is 5.38. The fraction of sp³-hybridized carbons (Fsp3) is 0.800. The molecule has 1 aromatic heterocycles. The summed E-state index contributed by atoms with van der Waals surface area (Å²) >= 11 is 0. The largest absolute Gasteiger partial charge is 0.360 e. The van der Waals surface area contributed by atoms with Gasteiger partial charge in [-0.3, -0.25) is 4.90 Å². The Morgan fingerprint density at radius 3 is 2.68 bits per heavy atom. The third kappa shape index (κ3) is 2.84. The molecule has 0 aliphatic carbocycles. The zero-order chi connectivity index (χ0) is 13.2. The molecule has 2 aliphatic heterocycles. The van der Waals surface area contributed by atoms with Crippen molar-refractivity contribution in [2.45, 2.75) is 70.6 Å². The second-order valence-electron chi connectivity index (χ2n) is 6.11. The van der Waals surface area contributed by atoms with Gasteiger partial charge in [0.25, 0.3) is 0 Å². The monoisotopic (exact) mass is 263 g/mol. The van der Waals surface area contributed by atoms with Crippen LogP contribution in [0.15, 0.2) is 10.6 Å². The number of aryl methyl sites for hydroxylation is 1. The van der Waals surface area contributed by atoms with Crippen molar-refractivity contribution in [2.24, 2.45) is 0 Å². The number of piperidine rings is 1. The molecule has 2 fully saturated rings. The molecule has 0 amide bonds. The summed E-state index contributed by atoms with van der Waals surface area (Å²) in [5.74, 6) is 1.02. The SMILES string of the molecule is CCCNC1CC2CCC(C1)N2Cc1cc(C)no1. The van der Waals surface area contributed by atoms with Crippen molar-refractivity contribution < 1.29 is 4.52 Å². The van der Waals surface area contributed by atoms with E-state index in [0.717, 1.165) is 42.7 Å². The average Bonchev–Trinajstić information content (AvgIpc) is 2.89. The van der Waals surface area contributed by atoms with Gasteiger partial charge in [0.2, 0.25) is 0 Å². The van der Waals surface area contributed by atoms with Crippen LogP contribution < -0.4 is 5.32 Å². The normalized spacial score (nSPS) is 30.9. The second-order valence-corrected chi connectivity index (χ2v) is 6.11. The Bertz CT molecular complexity index is 403. The highest BCUT2D eigenvalue weighted by Gasteiger charge is 2.40. The van der Waals surface area contributed by atoms with E-state index in [2.05, 4.69) is 28.4 Å². The van der Waals surface area contributed by atoms with Gasteiger partial charge in [-0.15, -0.1) is 0 Å². The molecule has 0 spiro atoms. The van der Waals surface area contributed by atoms with E-state index in [1.54, 1.807) is 0 Å². The molecule has 3 rings (SSSR count). The van der Waals surface area contributed by atoms with Gasteiger partial charge in [-0.1, -0.05) is 12.1 Å². The van der Waals surface area contributed by atoms with Crippen LogP contribution >= 0.6 is 0 Å². The lowest BCUT2D eigenvalue weighted by Gasteiger charge is -2.38. The van der Waals surface area contributed by atoms with Crippen LogP contribution in [0.3, 0.4) is 0 Å². The molecule has 106 valence electrons. The minimum absolute atomic E-state index is 0.727. The van der Waals surface area contributed by atoms with Crippen molar-refractivity contribution in [3.63, 3.8) is 0 Å². The molecule has 1 aromatic rings. The molecule has 0 radical (unpaired) electrons. The Morgan fingerprint density at radius 1 is 1.37 bits per heavy atom. The summed E-state index contributed by atoms with van der Waals surface area (Å²) in [6.07, 6.45) is 6.52. The maximum atomic E-state index is 5.38. The van der Waals surface area contributed by atoms with Gasteiger partial charge in [0.1, 0.15) is 0 Å². The maximum absolute atomic E-state index is 5.38. The Hall–Kier alpha value is -0.870. The molecule has 2 bridgehead atoms. The molecule has 2 unspecified atom stereocenters. The van der Waals surface area contributed by atoms with Crippen molar-refractivity contribution in [2.75, 3.05) is 6.54 Å². The summed E-state index contributed by atoms with van der Waals surface area (Å²) in [5.41, 5.74) is 0.988. The summed E-state index contributed by atoms with van der Waals surface area (Å²) in [4.78, 5) is 2.64. The van der Waals surface area contributed by atoms with Crippen molar-refractivity contribution in [3.05, 3.63) is 17.5 Å². The topological polar surface area (TPSA) is 41.3 Å². The van der Waals surface area contributed by atoms with E-state index >= 15 is 0 Å². The van der Waals surface area contributed by atoms with E-state index in [1.807, 2.05) is 6.92 Å². The van der Waals surface area contributed by atoms with E-state index in [9.17, 15) is 0 Å². The highest BCUT2D eigenvalue weighted by molar-refractivity contribution is 5.06. The van der Waals surface area contributed by atoms with E-state index in [1.165, 1.54) is 32.1 Å². The Morgan fingerprint density at radius 2 is 2.11 bits per heavy atom. The van der Waals surface area contributed by atoms with Gasteiger partial charge >= 0.3 is 0 Å². The molecule has 4 heteroatoms. The lowest BCUT2D eigenvalue weighted by molar-refractivity contribution is 0.0983. The summed E-state index contributed by atoms with van der Waals surface area (Å²) in [7, 11) is 0. The predicted octanol–water partition coefficient (Wildman–Crippen LogP) is 2.48. The third-order valence-corrected chi connectivity index (χ3v) is 4.58. The molecule has 2 saturated heterocycles. The number of fused-ring (bicyclic) bond motifs is 2. The Kier molecular flexibility index (Phi) is 3.89. The van der Waals surface area contributed by atoms with Crippen LogP contribution in [0.2, 0.25) is 0 Å². The molecule has 2 atom stereocenters. The molecule has 19 heavy (non-hydrogen) atoms. The number of rotatable bonds is 5. The Labute approximate surface area is 115 Å². The fourth-order valence-electron chi connectivity index (χ4n) is 3.72. The lowest BCUT2D eigenvalue weighted by Crippen LogP contribution is -2.48. The van der Waals surface area contributed by atoms with Gasteiger partial charge < -0.3 is 9.84 Å². The number of aromatic nitrogens is 1. The number of nitrogens with zero attached hydrogens (tertiary/aromatic N) is 2. The van der Waals surface area contributed by atoms with Gasteiger partial charge in [0.05, 0.1) is 12.2 Å². The summed E-state index contributed by atoms with van der Waals surface area (Å²) in [6, 6.07) is 4.27. The van der Waals surface area contributed by atoms with Crippen LogP contribution in [0.25, 0.3) is 0 Å². The Balaban J connectivity index is 1.60. The first kappa shape index (κ1) is 13.1. The van der Waals surface area contributed by atoms with Gasteiger partial charge in [0, 0.05) is 24.2 Å². The molecule has 2 aliphatic rings. The van der Waals surface area contributed by atoms with Gasteiger partial charge in [-0.25, -0.2) is 0 Å². The highest BCUT2D eigenvalue weighted by Crippen LogP contribution is 2.36. The number of nitrogens with one attached hydrogen (secondary N) is 1. The smallest absolute Gasteiger partial charge is 0.150 e. The first-order chi connectivity index (χ1) is 9.26. The predicted molar refractivity (Wildman–Crippen MR) is 74.9 cm³/mol. The van der Waals surface area contributed by atoms with E-state index in [0.29, 0.717) is 0 Å². The van der Waals surface area contributed by atoms with Crippen molar-refractivity contribution in [1.82, 2.24) is 15.4 Å². The van der Waals surface area contributed by atoms with Crippen molar-refractivity contribution in [3.8, 4) is 0 Å². The van der Waals surface area contributed by atoms with E-state index in [4.69, 9.17) is 4.52 Å². The molecule has 1 N–H and O–H groups in total. The minimum Gasteiger partial charge on any atom is -0.360 e. The number of hydrogen-bond acceptors (Lipinski definition) is 4. The van der Waals surface area contributed by atoms with Gasteiger partial charge in [0.15, 0.2) is 5.76 Å². The average molecular weight is 263 g/mol. The molecular weight excluding hydrogens is 238 g/mol. The second kappa shape index (κ2) is 5.63. The van der Waals surface area contributed by atoms with Crippen LogP contribution in [0.1, 0.15) is 50.5 Å². The van der Waals surface area contributed by atoms with E-state index < -0.39 is 0 Å². The zero-order valence-electron chi connectivity index (χ0n) is 12.1. The maximum Gasteiger partial charge on any atom is 0.150 e. The van der Waals surface area contributed by atoms with Crippen LogP contribution in [-0.2, 0) is 6.54 Å². The van der Waals surface area contributed by atoms with Crippen LogP contribution in [0, 0.1) is 6.92 Å². The first-order valence-corrected chi connectivity index (χ1v) is 7.67. The third-order valence-electron chi connectivity index (χ3n) is 4.58. The molecular formula is C15H25N3O. The molecule has 4 nitrogen and oxygen atoms in total. The summed E-state index contributed by atoms with van der Waals surface area (Å²) in [5, 5.41) is 7.69. The quantitative estimate of drug-likeness (QED) is 0.886. The zero-order valence-corrected chi connectivity index (χ0v) is 12.1. The fourth-order valence-corrected chi connectivity index (χ4v) is 3.72. The minimum atomic E-state index is 0.727. The van der Waals surface area contributed by atoms with Crippen LogP contribution in [0.5, 0.6) is 0 Å². The van der Waals surface area contributed by atoms with Crippen molar-refractivity contribution in [1.29, 1.82) is 0 Å². The standard InChI is InChI=1S/C15H25N3O/c1-3-6-16-12-8-13-4-5-14(9-12)18(13)10-15-7-11(2)17-19-15/h7,12-14,16H,3-6,8-10H2,1-2H3. The van der Waals surface area contributed by atoms with E-state index in [-0.39, 0.29) is 0 Å². The van der Waals surface area contributed by atoms with Gasteiger partial charge in [-0.05, 0) is 45.6 Å². The first-order valence-electron chi connectivity index (χ1n) is 7.67.